The molecule has 0 spiro atoms. The van der Waals surface area contributed by atoms with Crippen LogP contribution in [0.1, 0.15) is 55.6 Å². The average molecular weight is 1420 g/mol. The summed E-state index contributed by atoms with van der Waals surface area (Å²) in [5, 5.41) is 0. The number of ether oxygens (including phenoxy) is 16. The molecule has 3 aliphatic rings. The smallest absolute Gasteiger partial charge is 0.187 e. The van der Waals surface area contributed by atoms with Crippen molar-refractivity contribution in [1.82, 2.24) is 0 Å². The lowest BCUT2D eigenvalue weighted by Crippen LogP contribution is -2.67. The van der Waals surface area contributed by atoms with Gasteiger partial charge in [-0.3, -0.25) is 0 Å². The van der Waals surface area contributed by atoms with Crippen molar-refractivity contribution < 1.29 is 75.8 Å². The third-order valence-electron chi connectivity index (χ3n) is 18.8. The number of methoxy groups -OCH3 is 1. The number of benzene rings is 10. The molecule has 0 N–H and O–H groups in total. The predicted octanol–water partition coefficient (Wildman–Crippen LogP) is 15.3. The first kappa shape index (κ1) is 74.8. The van der Waals surface area contributed by atoms with Gasteiger partial charge in [-0.2, -0.15) is 0 Å². The fourth-order valence-corrected chi connectivity index (χ4v) is 13.3. The van der Waals surface area contributed by atoms with Crippen LogP contribution in [-0.2, 0) is 142 Å². The van der Waals surface area contributed by atoms with Gasteiger partial charge >= 0.3 is 0 Å². The molecule has 0 saturated carbocycles. The molecule has 0 unspecified atom stereocenters. The van der Waals surface area contributed by atoms with Crippen LogP contribution in [-0.4, -0.2) is 119 Å². The van der Waals surface area contributed by atoms with Crippen LogP contribution in [0.2, 0.25) is 0 Å². The highest BCUT2D eigenvalue weighted by molar-refractivity contribution is 5.22. The standard InChI is InChI=1S/C89H94O16/c1-90-87-84(98-59-72-46-26-9-27-47-72)81(95-56-69-40-20-6-21-41-69)79(94-55-68-38-18-5-19-39-68)77(102-87)64-101-88-85(99-60-73-48-28-10-29-49-73)83(97-58-71-44-24-8-25-45-71)80(76(103-88)63-92-53-66-34-14-3-15-35-66)105-89-86(100-61-74-50-30-11-31-51-74)82(96-57-70-42-22-7-23-43-70)78(93-54-67-36-16-4-17-37-67)75(104-89)62-91-52-65-32-12-2-13-33-65/h2-51,75-89H,52-64H2,1H3/t75-,76-,77-,78+,79-,80-,81+,82+,83+,84-,85-,86-,87+,88-,89+/m1/s1. The first-order valence-electron chi connectivity index (χ1n) is 36.3. The fraction of sp³-hybridized carbons (Fsp3) is 0.326. The largest absolute Gasteiger partial charge is 0.374 e. The minimum absolute atomic E-state index is 0.0109. The first-order chi connectivity index (χ1) is 52.0. The molecule has 10 aromatic carbocycles. The molecule has 0 amide bonds. The van der Waals surface area contributed by atoms with Crippen molar-refractivity contribution in [3.05, 3.63) is 359 Å². The Kier molecular flexibility index (Phi) is 28.7. The van der Waals surface area contributed by atoms with E-state index in [1.54, 1.807) is 7.11 Å². The summed E-state index contributed by atoms with van der Waals surface area (Å²) in [6.45, 7) is 2.10. The Morgan fingerprint density at radius 3 is 0.705 bits per heavy atom. The molecule has 3 heterocycles. The number of hydrogen-bond donors (Lipinski definition) is 0. The summed E-state index contributed by atoms with van der Waals surface area (Å²) in [5.74, 6) is 0. The summed E-state index contributed by atoms with van der Waals surface area (Å²) >= 11 is 0. The van der Waals surface area contributed by atoms with Crippen LogP contribution in [0.4, 0.5) is 0 Å². The predicted molar refractivity (Wildman–Crippen MR) is 396 cm³/mol. The molecule has 16 nitrogen and oxygen atoms in total. The zero-order valence-corrected chi connectivity index (χ0v) is 59.3. The molecular formula is C89H94O16. The molecule has 0 bridgehead atoms. The molecule has 546 valence electrons. The van der Waals surface area contributed by atoms with E-state index in [1.165, 1.54) is 0 Å². The van der Waals surface area contributed by atoms with E-state index in [2.05, 4.69) is 0 Å². The summed E-state index contributed by atoms with van der Waals surface area (Å²) in [4.78, 5) is 0. The molecule has 15 atom stereocenters. The van der Waals surface area contributed by atoms with Gasteiger partial charge in [0.2, 0.25) is 0 Å². The zero-order valence-electron chi connectivity index (χ0n) is 59.3. The van der Waals surface area contributed by atoms with Gasteiger partial charge in [0, 0.05) is 7.11 Å². The third-order valence-corrected chi connectivity index (χ3v) is 18.8. The Morgan fingerprint density at radius 1 is 0.200 bits per heavy atom. The van der Waals surface area contributed by atoms with Gasteiger partial charge in [0.25, 0.3) is 0 Å². The molecule has 13 rings (SSSR count). The highest BCUT2D eigenvalue weighted by atomic mass is 16.8. The van der Waals surface area contributed by atoms with Gasteiger partial charge in [0.15, 0.2) is 18.9 Å². The van der Waals surface area contributed by atoms with Crippen molar-refractivity contribution >= 4 is 0 Å². The topological polar surface area (TPSA) is 148 Å². The Hall–Kier alpha value is -8.44. The van der Waals surface area contributed by atoms with Crippen LogP contribution in [0, 0.1) is 0 Å². The lowest BCUT2D eigenvalue weighted by Gasteiger charge is -2.50. The van der Waals surface area contributed by atoms with Gasteiger partial charge in [0.05, 0.1) is 85.9 Å². The Labute approximate surface area is 616 Å². The van der Waals surface area contributed by atoms with Gasteiger partial charge in [-0.15, -0.1) is 0 Å². The normalized spacial score (nSPS) is 24.6. The van der Waals surface area contributed by atoms with Gasteiger partial charge in [-0.05, 0) is 55.6 Å². The summed E-state index contributed by atoms with van der Waals surface area (Å²) in [7, 11) is 1.61. The number of hydrogen-bond acceptors (Lipinski definition) is 16. The van der Waals surface area contributed by atoms with Crippen LogP contribution in [0.25, 0.3) is 0 Å². The van der Waals surface area contributed by atoms with Crippen molar-refractivity contribution in [2.75, 3.05) is 26.9 Å². The van der Waals surface area contributed by atoms with Crippen LogP contribution in [0.3, 0.4) is 0 Å². The number of rotatable bonds is 38. The monoisotopic (exact) mass is 1420 g/mol. The summed E-state index contributed by atoms with van der Waals surface area (Å²) in [6.07, 6.45) is -14.0. The molecule has 3 fully saturated rings. The molecule has 10 aromatic rings. The van der Waals surface area contributed by atoms with E-state index >= 15 is 0 Å². The quantitative estimate of drug-likeness (QED) is 0.0361. The molecule has 0 radical (unpaired) electrons. The van der Waals surface area contributed by atoms with Crippen LogP contribution in [0.5, 0.6) is 0 Å². The summed E-state index contributed by atoms with van der Waals surface area (Å²) in [5.41, 5.74) is 9.50. The van der Waals surface area contributed by atoms with Crippen molar-refractivity contribution in [2.45, 2.75) is 158 Å². The summed E-state index contributed by atoms with van der Waals surface area (Å²) in [6, 6.07) is 100. The van der Waals surface area contributed by atoms with E-state index in [9.17, 15) is 0 Å². The molecule has 3 aliphatic heterocycles. The molecule has 105 heavy (non-hydrogen) atoms. The van der Waals surface area contributed by atoms with Crippen molar-refractivity contribution in [2.24, 2.45) is 0 Å². The van der Waals surface area contributed by atoms with E-state index in [0.717, 1.165) is 55.6 Å². The van der Waals surface area contributed by atoms with E-state index in [4.69, 9.17) is 75.8 Å². The second kappa shape index (κ2) is 40.3. The SMILES string of the molecule is CO[C@H]1O[C@H](CO[C@@H]2O[C@H](COCc3ccccc3)[C@@H](O[C@@H]3O[C@H](COCc4ccccc4)[C@H](OCc4ccccc4)[C@H](OCc4ccccc4)[C@H]3OCc3ccccc3)[C@H](OCc3ccccc3)[C@H]2OCc2ccccc2)[C@@H](OCc2ccccc2)[C@H](OCc2ccccc2)[C@H]1OCc1ccccc1. The van der Waals surface area contributed by atoms with Gasteiger partial charge in [-0.25, -0.2) is 0 Å². The van der Waals surface area contributed by atoms with E-state index in [0.29, 0.717) is 6.61 Å². The second-order valence-electron chi connectivity index (χ2n) is 26.4. The van der Waals surface area contributed by atoms with Crippen LogP contribution >= 0.6 is 0 Å². The van der Waals surface area contributed by atoms with Crippen LogP contribution < -0.4 is 0 Å². The van der Waals surface area contributed by atoms with E-state index in [-0.39, 0.29) is 79.3 Å². The maximum Gasteiger partial charge on any atom is 0.187 e. The van der Waals surface area contributed by atoms with Crippen molar-refractivity contribution in [3.8, 4) is 0 Å². The van der Waals surface area contributed by atoms with Crippen molar-refractivity contribution in [3.63, 3.8) is 0 Å². The van der Waals surface area contributed by atoms with Gasteiger partial charge in [-0.1, -0.05) is 303 Å². The van der Waals surface area contributed by atoms with Crippen molar-refractivity contribution in [1.29, 1.82) is 0 Å². The fourth-order valence-electron chi connectivity index (χ4n) is 13.3. The minimum Gasteiger partial charge on any atom is -0.374 e. The van der Waals surface area contributed by atoms with Gasteiger partial charge in [0.1, 0.15) is 73.2 Å². The Morgan fingerprint density at radius 2 is 0.410 bits per heavy atom. The average Bonchev–Trinajstić information content (AvgIpc) is 0.769. The highest BCUT2D eigenvalue weighted by Gasteiger charge is 2.56. The lowest BCUT2D eigenvalue weighted by molar-refractivity contribution is -0.382. The molecule has 3 saturated heterocycles. The molecular weight excluding hydrogens is 1320 g/mol. The minimum atomic E-state index is -1.22. The third kappa shape index (κ3) is 22.1. The maximum absolute atomic E-state index is 7.83. The van der Waals surface area contributed by atoms with E-state index < -0.39 is 92.1 Å². The Balaban J connectivity index is 0.897. The lowest BCUT2D eigenvalue weighted by atomic mass is 9.95. The maximum atomic E-state index is 7.83. The van der Waals surface area contributed by atoms with Crippen LogP contribution in [0.15, 0.2) is 303 Å². The molecule has 16 heteroatoms. The van der Waals surface area contributed by atoms with Gasteiger partial charge < -0.3 is 75.8 Å². The van der Waals surface area contributed by atoms with E-state index in [1.807, 2.05) is 303 Å². The Bertz CT molecular complexity index is 3980. The molecule has 0 aromatic heterocycles. The second-order valence-corrected chi connectivity index (χ2v) is 26.4. The highest BCUT2D eigenvalue weighted by Crippen LogP contribution is 2.39. The summed E-state index contributed by atoms with van der Waals surface area (Å²) < 4.78 is 115. The first-order valence-corrected chi connectivity index (χ1v) is 36.3. The zero-order chi connectivity index (χ0) is 71.3. The molecule has 0 aliphatic carbocycles.